The molecule has 1 saturated heterocycles. The Morgan fingerprint density at radius 2 is 2.25 bits per heavy atom. The Morgan fingerprint density at radius 3 is 3.05 bits per heavy atom. The van der Waals surface area contributed by atoms with Gasteiger partial charge in [-0.15, -0.1) is 0 Å². The second-order valence-electron chi connectivity index (χ2n) is 4.98. The van der Waals surface area contributed by atoms with Gasteiger partial charge in [0.2, 0.25) is 5.28 Å². The molecule has 2 aliphatic heterocycles. The molecule has 8 heteroatoms. The molecule has 1 N–H and O–H groups in total. The summed E-state index contributed by atoms with van der Waals surface area (Å²) in [4.78, 5) is 10.8. The number of halogens is 1. The molecular formula is C12H16ClN5O2. The van der Waals surface area contributed by atoms with E-state index in [1.165, 1.54) is 0 Å². The molecule has 1 fully saturated rings. The predicted octanol–water partition coefficient (Wildman–Crippen LogP) is 1.69. The molecule has 0 unspecified atom stereocenters. The van der Waals surface area contributed by atoms with Crippen molar-refractivity contribution in [3.05, 3.63) is 11.0 Å². The van der Waals surface area contributed by atoms with E-state index in [0.29, 0.717) is 44.2 Å². The molecule has 108 valence electrons. The zero-order valence-electron chi connectivity index (χ0n) is 11.2. The van der Waals surface area contributed by atoms with Crippen molar-refractivity contribution < 1.29 is 9.47 Å². The normalized spacial score (nSPS) is 24.6. The molecule has 1 aromatic heterocycles. The first-order valence-electron chi connectivity index (χ1n) is 6.59. The van der Waals surface area contributed by atoms with Gasteiger partial charge in [-0.3, -0.25) is 0 Å². The summed E-state index contributed by atoms with van der Waals surface area (Å²) in [5.74, 6) is 1.40. The van der Waals surface area contributed by atoms with Crippen molar-refractivity contribution in [3.63, 3.8) is 0 Å². The lowest BCUT2D eigenvalue weighted by molar-refractivity contribution is 0.0483. The highest BCUT2D eigenvalue weighted by Gasteiger charge is 2.37. The summed E-state index contributed by atoms with van der Waals surface area (Å²) in [6.45, 7) is 4.30. The van der Waals surface area contributed by atoms with E-state index in [1.54, 1.807) is 0 Å². The molecule has 0 bridgehead atoms. The average molecular weight is 298 g/mol. The van der Waals surface area contributed by atoms with Crippen LogP contribution in [0, 0.1) is 5.53 Å². The first-order chi connectivity index (χ1) is 9.70. The monoisotopic (exact) mass is 297 g/mol. The molecule has 20 heavy (non-hydrogen) atoms. The lowest BCUT2D eigenvalue weighted by Gasteiger charge is -2.44. The molecule has 2 aliphatic rings. The van der Waals surface area contributed by atoms with Crippen molar-refractivity contribution in [2.24, 2.45) is 5.11 Å². The average Bonchev–Trinajstić information content (AvgIpc) is 2.44. The molecule has 3 rings (SSSR count). The zero-order chi connectivity index (χ0) is 14.1. The zero-order valence-corrected chi connectivity index (χ0v) is 11.9. The minimum absolute atomic E-state index is 0.158. The number of rotatable bonds is 3. The van der Waals surface area contributed by atoms with E-state index in [4.69, 9.17) is 26.6 Å². The maximum absolute atomic E-state index is 6.91. The minimum Gasteiger partial charge on any atom is -0.486 e. The fraction of sp³-hybridized carbons (Fsp3) is 0.667. The number of nitrogens with one attached hydrogen (secondary N) is 1. The highest BCUT2D eigenvalue weighted by Crippen LogP contribution is 2.38. The molecule has 1 aromatic rings. The van der Waals surface area contributed by atoms with Crippen molar-refractivity contribution >= 4 is 17.4 Å². The largest absolute Gasteiger partial charge is 0.486 e. The van der Waals surface area contributed by atoms with Gasteiger partial charge in [-0.05, 0) is 18.5 Å². The van der Waals surface area contributed by atoms with Crippen LogP contribution >= 0.6 is 11.6 Å². The number of ether oxygens (including phenoxy) is 2. The van der Waals surface area contributed by atoms with Crippen LogP contribution in [-0.2, 0) is 11.2 Å². The number of nitrogens with zero attached hydrogens (tertiary/aromatic N) is 4. The van der Waals surface area contributed by atoms with Crippen molar-refractivity contribution in [2.75, 3.05) is 31.3 Å². The number of fused-ring (bicyclic) bond motifs is 3. The van der Waals surface area contributed by atoms with Gasteiger partial charge in [0.15, 0.2) is 11.6 Å². The molecule has 3 heterocycles. The predicted molar refractivity (Wildman–Crippen MR) is 72.8 cm³/mol. The third-order valence-corrected chi connectivity index (χ3v) is 3.72. The van der Waals surface area contributed by atoms with Gasteiger partial charge in [0.25, 0.3) is 0 Å². The number of anilines is 1. The summed E-state index contributed by atoms with van der Waals surface area (Å²) in [6.07, 6.45) is 0.525. The van der Waals surface area contributed by atoms with Crippen LogP contribution in [0.5, 0.6) is 5.75 Å². The minimum atomic E-state index is 0.158. The van der Waals surface area contributed by atoms with Crippen LogP contribution in [0.3, 0.4) is 0 Å². The van der Waals surface area contributed by atoms with Crippen molar-refractivity contribution in [2.45, 2.75) is 25.4 Å². The third kappa shape index (κ3) is 2.31. The summed E-state index contributed by atoms with van der Waals surface area (Å²) < 4.78 is 11.4. The van der Waals surface area contributed by atoms with Gasteiger partial charge in [-0.1, -0.05) is 0 Å². The van der Waals surface area contributed by atoms with E-state index < -0.39 is 0 Å². The first kappa shape index (κ1) is 13.5. The number of hydrogen-bond donors (Lipinski definition) is 1. The van der Waals surface area contributed by atoms with Crippen molar-refractivity contribution in [1.82, 2.24) is 9.97 Å². The van der Waals surface area contributed by atoms with Gasteiger partial charge in [-0.25, -0.2) is 10.5 Å². The van der Waals surface area contributed by atoms with Crippen LogP contribution in [0.4, 0.5) is 5.82 Å². The maximum Gasteiger partial charge on any atom is 0.224 e. The molecule has 0 spiro atoms. The Balaban J connectivity index is 2.01. The van der Waals surface area contributed by atoms with Gasteiger partial charge < -0.3 is 14.4 Å². The van der Waals surface area contributed by atoms with Gasteiger partial charge in [0.1, 0.15) is 6.61 Å². The van der Waals surface area contributed by atoms with E-state index in [2.05, 4.69) is 26.9 Å². The SMILES string of the molecule is C[C@@H]1COC[C@H]2COc3c(CCN=N)nc(Cl)nc3N21. The molecule has 0 radical (unpaired) electrons. The topological polar surface area (TPSA) is 83.7 Å². The summed E-state index contributed by atoms with van der Waals surface area (Å²) in [7, 11) is 0. The Morgan fingerprint density at radius 1 is 1.40 bits per heavy atom. The molecule has 0 amide bonds. The lowest BCUT2D eigenvalue weighted by Crippen LogP contribution is -2.56. The van der Waals surface area contributed by atoms with Gasteiger partial charge in [0.05, 0.1) is 37.5 Å². The smallest absolute Gasteiger partial charge is 0.224 e. The van der Waals surface area contributed by atoms with Crippen LogP contribution < -0.4 is 9.64 Å². The van der Waals surface area contributed by atoms with Gasteiger partial charge in [0, 0.05) is 6.42 Å². The standard InChI is InChI=1S/C12H16ClN5O2/c1-7-4-19-5-8-6-20-10-9(2-3-15-14)16-12(13)17-11(10)18(7)8/h7-8,14H,2-6H2,1H3/t7-,8+/m1/s1. The fourth-order valence-corrected chi connectivity index (χ4v) is 2.88. The highest BCUT2D eigenvalue weighted by molar-refractivity contribution is 6.28. The van der Waals surface area contributed by atoms with Crippen molar-refractivity contribution in [3.8, 4) is 5.75 Å². The maximum atomic E-state index is 6.91. The summed E-state index contributed by atoms with van der Waals surface area (Å²) in [5, 5.41) is 3.56. The van der Waals surface area contributed by atoms with E-state index in [-0.39, 0.29) is 17.4 Å². The van der Waals surface area contributed by atoms with E-state index in [1.807, 2.05) is 0 Å². The third-order valence-electron chi connectivity index (χ3n) is 3.55. The molecular weight excluding hydrogens is 282 g/mol. The molecule has 2 atom stereocenters. The molecule has 0 saturated carbocycles. The lowest BCUT2D eigenvalue weighted by atomic mass is 10.1. The quantitative estimate of drug-likeness (QED) is 0.678. The van der Waals surface area contributed by atoms with Crippen LogP contribution in [0.25, 0.3) is 0 Å². The first-order valence-corrected chi connectivity index (χ1v) is 6.97. The molecule has 0 aliphatic carbocycles. The van der Waals surface area contributed by atoms with Gasteiger partial charge >= 0.3 is 0 Å². The fourth-order valence-electron chi connectivity index (χ4n) is 2.69. The summed E-state index contributed by atoms with van der Waals surface area (Å²) >= 11 is 6.03. The van der Waals surface area contributed by atoms with E-state index in [9.17, 15) is 0 Å². The van der Waals surface area contributed by atoms with Crippen molar-refractivity contribution in [1.29, 1.82) is 5.53 Å². The molecule has 0 aromatic carbocycles. The second-order valence-corrected chi connectivity index (χ2v) is 5.32. The Kier molecular flexibility index (Phi) is 3.71. The number of aromatic nitrogens is 2. The number of morpholine rings is 1. The Bertz CT molecular complexity index is 527. The Labute approximate surface area is 121 Å². The van der Waals surface area contributed by atoms with Crippen LogP contribution in [0.2, 0.25) is 5.28 Å². The van der Waals surface area contributed by atoms with E-state index in [0.717, 1.165) is 5.82 Å². The second kappa shape index (κ2) is 5.49. The van der Waals surface area contributed by atoms with Crippen LogP contribution in [0.15, 0.2) is 5.11 Å². The molecule has 7 nitrogen and oxygen atoms in total. The Hall–Kier alpha value is -1.47. The van der Waals surface area contributed by atoms with Gasteiger partial charge in [-0.2, -0.15) is 10.1 Å². The van der Waals surface area contributed by atoms with E-state index >= 15 is 0 Å². The highest BCUT2D eigenvalue weighted by atomic mass is 35.5. The number of hydrogen-bond acceptors (Lipinski definition) is 7. The summed E-state index contributed by atoms with van der Waals surface area (Å²) in [5.41, 5.74) is 7.62. The van der Waals surface area contributed by atoms with Crippen LogP contribution in [0.1, 0.15) is 12.6 Å². The summed E-state index contributed by atoms with van der Waals surface area (Å²) in [6, 6.07) is 0.377. The van der Waals surface area contributed by atoms with Crippen LogP contribution in [-0.4, -0.2) is 48.4 Å².